The van der Waals surface area contributed by atoms with Crippen LogP contribution in [-0.2, 0) is 11.4 Å². The number of nitrogens with zero attached hydrogens (tertiary/aromatic N) is 1. The first-order valence-corrected chi connectivity index (χ1v) is 9.53. The van der Waals surface area contributed by atoms with Crippen molar-refractivity contribution < 1.29 is 13.9 Å². The molecule has 1 heterocycles. The highest BCUT2D eigenvalue weighted by Gasteiger charge is 2.12. The van der Waals surface area contributed by atoms with Crippen LogP contribution in [0.5, 0.6) is 5.75 Å². The van der Waals surface area contributed by atoms with Gasteiger partial charge in [0.15, 0.2) is 5.58 Å². The minimum Gasteiger partial charge on any atom is -0.489 e. The van der Waals surface area contributed by atoms with Gasteiger partial charge < -0.3 is 14.5 Å². The van der Waals surface area contributed by atoms with Crippen molar-refractivity contribution in [2.75, 3.05) is 0 Å². The van der Waals surface area contributed by atoms with Crippen LogP contribution in [0.4, 0.5) is 0 Å². The molecule has 1 amide bonds. The number of carbonyl (C=O) groups is 1. The number of carbonyl (C=O) groups excluding carboxylic acids is 1. The summed E-state index contributed by atoms with van der Waals surface area (Å²) in [4.78, 5) is 15.9. The maximum Gasteiger partial charge on any atom is 0.227 e. The number of fused-ring (bicyclic) bond motifs is 1. The van der Waals surface area contributed by atoms with Crippen LogP contribution in [-0.4, -0.2) is 10.9 Å². The Balaban J connectivity index is 1.49. The second kappa shape index (κ2) is 8.19. The molecule has 0 aliphatic carbocycles. The van der Waals surface area contributed by atoms with Gasteiger partial charge in [-0.25, -0.2) is 4.98 Å². The maximum absolute atomic E-state index is 11.3. The molecule has 5 heteroatoms. The van der Waals surface area contributed by atoms with Gasteiger partial charge in [0.1, 0.15) is 17.9 Å². The highest BCUT2D eigenvalue weighted by Crippen LogP contribution is 2.28. The fraction of sp³-hybridized carbons (Fsp3) is 0.167. The van der Waals surface area contributed by atoms with E-state index < -0.39 is 0 Å². The van der Waals surface area contributed by atoms with Crippen molar-refractivity contribution >= 4 is 17.0 Å². The average molecular weight is 386 g/mol. The fourth-order valence-corrected chi connectivity index (χ4v) is 3.16. The molecule has 1 aromatic heterocycles. The molecule has 1 N–H and O–H groups in total. The number of hydrogen-bond donors (Lipinski definition) is 1. The molecule has 3 aromatic carbocycles. The third-order valence-corrected chi connectivity index (χ3v) is 4.68. The van der Waals surface area contributed by atoms with Gasteiger partial charge in [-0.2, -0.15) is 0 Å². The monoisotopic (exact) mass is 386 g/mol. The van der Waals surface area contributed by atoms with Crippen molar-refractivity contribution in [2.45, 2.75) is 26.5 Å². The lowest BCUT2D eigenvalue weighted by Gasteiger charge is -2.12. The summed E-state index contributed by atoms with van der Waals surface area (Å²) >= 11 is 0. The number of rotatable bonds is 6. The van der Waals surface area contributed by atoms with Crippen LogP contribution in [0.3, 0.4) is 0 Å². The van der Waals surface area contributed by atoms with E-state index in [-0.39, 0.29) is 11.9 Å². The summed E-state index contributed by atoms with van der Waals surface area (Å²) in [5, 5.41) is 2.88. The minimum absolute atomic E-state index is 0.0644. The fourth-order valence-electron chi connectivity index (χ4n) is 3.16. The first-order chi connectivity index (χ1) is 14.1. The summed E-state index contributed by atoms with van der Waals surface area (Å²) < 4.78 is 11.8. The van der Waals surface area contributed by atoms with E-state index in [1.807, 2.05) is 79.7 Å². The molecule has 29 heavy (non-hydrogen) atoms. The molecular formula is C24H22N2O3. The predicted molar refractivity (Wildman–Crippen MR) is 112 cm³/mol. The SMILES string of the molecule is CC(=O)N[C@H](C)c1ccc2nc(-c3ccc(OCc4ccccc4)cc3)oc2c1. The molecule has 0 saturated carbocycles. The molecule has 0 bridgehead atoms. The Morgan fingerprint density at radius 3 is 2.55 bits per heavy atom. The van der Waals surface area contributed by atoms with Gasteiger partial charge in [-0.3, -0.25) is 4.79 Å². The highest BCUT2D eigenvalue weighted by atomic mass is 16.5. The molecule has 0 saturated heterocycles. The molecule has 0 aliphatic rings. The van der Waals surface area contributed by atoms with E-state index in [1.165, 1.54) is 6.92 Å². The van der Waals surface area contributed by atoms with Gasteiger partial charge >= 0.3 is 0 Å². The highest BCUT2D eigenvalue weighted by molar-refractivity contribution is 5.78. The predicted octanol–water partition coefficient (Wildman–Crippen LogP) is 5.27. The summed E-state index contributed by atoms with van der Waals surface area (Å²) in [6.07, 6.45) is 0. The Labute approximate surface area is 169 Å². The minimum atomic E-state index is -0.0912. The Kier molecular flexibility index (Phi) is 5.29. The zero-order valence-electron chi connectivity index (χ0n) is 16.4. The standard InChI is InChI=1S/C24H22N2O3/c1-16(25-17(2)27)20-10-13-22-23(14-20)29-24(26-22)19-8-11-21(12-9-19)28-15-18-6-4-3-5-7-18/h3-14,16H,15H2,1-2H3,(H,25,27)/t16-/m1/s1. The van der Waals surface area contributed by atoms with Crippen LogP contribution in [0.15, 0.2) is 77.2 Å². The molecule has 0 spiro atoms. The van der Waals surface area contributed by atoms with Crippen LogP contribution >= 0.6 is 0 Å². The van der Waals surface area contributed by atoms with Gasteiger partial charge in [-0.1, -0.05) is 36.4 Å². The van der Waals surface area contributed by atoms with Crippen LogP contribution in [0, 0.1) is 0 Å². The van der Waals surface area contributed by atoms with Gasteiger partial charge in [0, 0.05) is 12.5 Å². The molecule has 4 rings (SSSR count). The van der Waals surface area contributed by atoms with Crippen molar-refractivity contribution in [3.05, 3.63) is 83.9 Å². The van der Waals surface area contributed by atoms with Gasteiger partial charge in [0.25, 0.3) is 0 Å². The number of oxazole rings is 1. The van der Waals surface area contributed by atoms with E-state index in [4.69, 9.17) is 9.15 Å². The van der Waals surface area contributed by atoms with E-state index in [0.717, 1.165) is 28.0 Å². The smallest absolute Gasteiger partial charge is 0.227 e. The van der Waals surface area contributed by atoms with Crippen LogP contribution in [0.1, 0.15) is 31.0 Å². The van der Waals surface area contributed by atoms with E-state index in [1.54, 1.807) is 0 Å². The molecule has 0 radical (unpaired) electrons. The van der Waals surface area contributed by atoms with Crippen LogP contribution < -0.4 is 10.1 Å². The van der Waals surface area contributed by atoms with Gasteiger partial charge in [-0.15, -0.1) is 0 Å². The Bertz CT molecular complexity index is 1120. The van der Waals surface area contributed by atoms with Crippen molar-refractivity contribution in [2.24, 2.45) is 0 Å². The molecule has 0 unspecified atom stereocenters. The molecule has 5 nitrogen and oxygen atoms in total. The zero-order chi connectivity index (χ0) is 20.2. The number of ether oxygens (including phenoxy) is 1. The topological polar surface area (TPSA) is 64.4 Å². The lowest BCUT2D eigenvalue weighted by atomic mass is 10.1. The first kappa shape index (κ1) is 18.7. The van der Waals surface area contributed by atoms with Gasteiger partial charge in [0.2, 0.25) is 11.8 Å². The zero-order valence-corrected chi connectivity index (χ0v) is 16.4. The molecule has 0 aliphatic heterocycles. The van der Waals surface area contributed by atoms with Crippen molar-refractivity contribution in [1.29, 1.82) is 0 Å². The third kappa shape index (κ3) is 4.46. The number of hydrogen-bond acceptors (Lipinski definition) is 4. The number of amides is 1. The van der Waals surface area contributed by atoms with Crippen molar-refractivity contribution in [1.82, 2.24) is 10.3 Å². The Hall–Kier alpha value is -3.60. The van der Waals surface area contributed by atoms with Crippen LogP contribution in [0.25, 0.3) is 22.6 Å². The van der Waals surface area contributed by atoms with E-state index in [0.29, 0.717) is 18.1 Å². The second-order valence-electron chi connectivity index (χ2n) is 6.97. The van der Waals surface area contributed by atoms with E-state index in [2.05, 4.69) is 10.3 Å². The largest absolute Gasteiger partial charge is 0.489 e. The maximum atomic E-state index is 11.3. The second-order valence-corrected chi connectivity index (χ2v) is 6.97. The summed E-state index contributed by atoms with van der Waals surface area (Å²) in [6, 6.07) is 23.4. The summed E-state index contributed by atoms with van der Waals surface area (Å²) in [5.41, 5.74) is 4.45. The molecule has 1 atom stereocenters. The summed E-state index contributed by atoms with van der Waals surface area (Å²) in [7, 11) is 0. The molecule has 4 aromatic rings. The number of benzene rings is 3. The van der Waals surface area contributed by atoms with E-state index >= 15 is 0 Å². The lowest BCUT2D eigenvalue weighted by Crippen LogP contribution is -2.23. The normalized spacial score (nSPS) is 11.9. The van der Waals surface area contributed by atoms with Crippen LogP contribution in [0.2, 0.25) is 0 Å². The van der Waals surface area contributed by atoms with E-state index in [9.17, 15) is 4.79 Å². The van der Waals surface area contributed by atoms with Gasteiger partial charge in [0.05, 0.1) is 6.04 Å². The molecular weight excluding hydrogens is 364 g/mol. The summed E-state index contributed by atoms with van der Waals surface area (Å²) in [6.45, 7) is 3.97. The summed E-state index contributed by atoms with van der Waals surface area (Å²) in [5.74, 6) is 1.28. The third-order valence-electron chi connectivity index (χ3n) is 4.68. The Morgan fingerprint density at radius 1 is 1.07 bits per heavy atom. The first-order valence-electron chi connectivity index (χ1n) is 9.53. The quantitative estimate of drug-likeness (QED) is 0.490. The molecule has 0 fully saturated rings. The Morgan fingerprint density at radius 2 is 1.83 bits per heavy atom. The van der Waals surface area contributed by atoms with Gasteiger partial charge in [-0.05, 0) is 54.4 Å². The number of nitrogens with one attached hydrogen (secondary N) is 1. The average Bonchev–Trinajstić information content (AvgIpc) is 3.16. The van der Waals surface area contributed by atoms with Crippen molar-refractivity contribution in [3.8, 4) is 17.2 Å². The molecule has 146 valence electrons. The number of aromatic nitrogens is 1. The lowest BCUT2D eigenvalue weighted by molar-refractivity contribution is -0.119. The van der Waals surface area contributed by atoms with Crippen molar-refractivity contribution in [3.63, 3.8) is 0 Å².